The summed E-state index contributed by atoms with van der Waals surface area (Å²) in [7, 11) is 0. The van der Waals surface area contributed by atoms with Crippen molar-refractivity contribution in [2.45, 2.75) is 63.0 Å². The van der Waals surface area contributed by atoms with Crippen LogP contribution in [0.25, 0.3) is 0 Å². The summed E-state index contributed by atoms with van der Waals surface area (Å²) in [5.41, 5.74) is -0.308. The van der Waals surface area contributed by atoms with Gasteiger partial charge in [0.15, 0.2) is 0 Å². The lowest BCUT2D eigenvalue weighted by Crippen LogP contribution is -2.55. The second-order valence-electron chi connectivity index (χ2n) is 6.63. The molecule has 0 radical (unpaired) electrons. The van der Waals surface area contributed by atoms with Crippen molar-refractivity contribution in [3.05, 3.63) is 0 Å². The van der Waals surface area contributed by atoms with Crippen molar-refractivity contribution in [2.24, 2.45) is 5.92 Å². The molecule has 1 saturated carbocycles. The highest BCUT2D eigenvalue weighted by Crippen LogP contribution is 2.40. The van der Waals surface area contributed by atoms with Crippen molar-refractivity contribution in [3.63, 3.8) is 0 Å². The topological polar surface area (TPSA) is 35.5 Å². The van der Waals surface area contributed by atoms with Gasteiger partial charge in [-0.3, -0.25) is 4.90 Å². The predicted octanol–water partition coefficient (Wildman–Crippen LogP) is 1.76. The Morgan fingerprint density at radius 3 is 2.89 bits per heavy atom. The third-order valence-electron chi connectivity index (χ3n) is 5.52. The molecule has 3 rings (SSSR count). The quantitative estimate of drug-likeness (QED) is 0.746. The van der Waals surface area contributed by atoms with Crippen LogP contribution in [0.4, 0.5) is 0 Å². The maximum Gasteiger partial charge on any atom is 0.0700 e. The molecule has 0 aromatic rings. The van der Waals surface area contributed by atoms with Crippen LogP contribution in [0, 0.1) is 5.92 Å². The van der Waals surface area contributed by atoms with Crippen LogP contribution in [0.2, 0.25) is 0 Å². The Kier molecular flexibility index (Phi) is 3.92. The van der Waals surface area contributed by atoms with Gasteiger partial charge in [-0.05, 0) is 51.6 Å². The van der Waals surface area contributed by atoms with E-state index in [-0.39, 0.29) is 5.60 Å². The number of hydrogen-bond acceptors (Lipinski definition) is 3. The fraction of sp³-hybridized carbons (Fsp3) is 1.00. The molecule has 3 fully saturated rings. The number of nitrogens with one attached hydrogen (secondary N) is 1. The van der Waals surface area contributed by atoms with Crippen LogP contribution < -0.4 is 5.32 Å². The standard InChI is InChI=1S/C15H28N2O/c18-15-7-2-1-4-13(15)12-17(11-8-15)14-5-3-9-16-10-6-14/h13-14,16,18H,1-12H2. The Morgan fingerprint density at radius 1 is 1.00 bits per heavy atom. The summed E-state index contributed by atoms with van der Waals surface area (Å²) in [6, 6.07) is 0.770. The minimum absolute atomic E-state index is 0.308. The highest BCUT2D eigenvalue weighted by atomic mass is 16.3. The number of rotatable bonds is 1. The van der Waals surface area contributed by atoms with Gasteiger partial charge in [0.25, 0.3) is 0 Å². The van der Waals surface area contributed by atoms with Gasteiger partial charge in [-0.2, -0.15) is 0 Å². The first kappa shape index (κ1) is 12.9. The molecule has 104 valence electrons. The monoisotopic (exact) mass is 252 g/mol. The molecule has 0 spiro atoms. The first-order valence-electron chi connectivity index (χ1n) is 7.95. The number of nitrogens with zero attached hydrogens (tertiary/aromatic N) is 1. The first-order chi connectivity index (χ1) is 8.78. The molecular weight excluding hydrogens is 224 g/mol. The number of likely N-dealkylation sites (tertiary alicyclic amines) is 1. The summed E-state index contributed by atoms with van der Waals surface area (Å²) >= 11 is 0. The normalized spacial score (nSPS) is 43.2. The minimum Gasteiger partial charge on any atom is -0.390 e. The highest BCUT2D eigenvalue weighted by molar-refractivity contribution is 4.97. The van der Waals surface area contributed by atoms with Crippen LogP contribution in [0.15, 0.2) is 0 Å². The van der Waals surface area contributed by atoms with Crippen LogP contribution in [0.1, 0.15) is 51.4 Å². The number of aliphatic hydroxyl groups is 1. The van der Waals surface area contributed by atoms with Crippen LogP contribution in [-0.4, -0.2) is 47.8 Å². The van der Waals surface area contributed by atoms with Gasteiger partial charge < -0.3 is 10.4 Å². The molecule has 0 aromatic heterocycles. The number of fused-ring (bicyclic) bond motifs is 1. The second-order valence-corrected chi connectivity index (χ2v) is 6.63. The number of piperidine rings is 1. The predicted molar refractivity (Wildman–Crippen MR) is 73.6 cm³/mol. The lowest BCUT2D eigenvalue weighted by atomic mass is 9.71. The Bertz CT molecular complexity index is 276. The molecule has 2 N–H and O–H groups in total. The van der Waals surface area contributed by atoms with E-state index in [2.05, 4.69) is 10.2 Å². The van der Waals surface area contributed by atoms with E-state index in [1.165, 1.54) is 51.6 Å². The third-order valence-corrected chi connectivity index (χ3v) is 5.52. The molecule has 0 bridgehead atoms. The smallest absolute Gasteiger partial charge is 0.0700 e. The highest BCUT2D eigenvalue weighted by Gasteiger charge is 2.43. The number of hydrogen-bond donors (Lipinski definition) is 2. The molecule has 2 saturated heterocycles. The van der Waals surface area contributed by atoms with Gasteiger partial charge in [0.1, 0.15) is 0 Å². The minimum atomic E-state index is -0.308. The zero-order valence-corrected chi connectivity index (χ0v) is 11.5. The zero-order chi connectivity index (χ0) is 12.4. The third kappa shape index (κ3) is 2.59. The van der Waals surface area contributed by atoms with Gasteiger partial charge in [-0.1, -0.05) is 12.8 Å². The van der Waals surface area contributed by atoms with Crippen LogP contribution in [-0.2, 0) is 0 Å². The molecule has 18 heavy (non-hydrogen) atoms. The molecular formula is C15H28N2O. The molecule has 3 heteroatoms. The molecule has 3 unspecified atom stereocenters. The van der Waals surface area contributed by atoms with E-state index in [4.69, 9.17) is 0 Å². The molecule has 2 heterocycles. The van der Waals surface area contributed by atoms with Gasteiger partial charge in [0.05, 0.1) is 5.60 Å². The fourth-order valence-corrected chi connectivity index (χ4v) is 4.29. The Morgan fingerprint density at radius 2 is 1.94 bits per heavy atom. The Hall–Kier alpha value is -0.120. The lowest BCUT2D eigenvalue weighted by Gasteiger charge is -2.49. The maximum atomic E-state index is 10.7. The van der Waals surface area contributed by atoms with E-state index in [1.54, 1.807) is 0 Å². The summed E-state index contributed by atoms with van der Waals surface area (Å²) in [4.78, 5) is 2.69. The van der Waals surface area contributed by atoms with Gasteiger partial charge in [0.2, 0.25) is 0 Å². The SMILES string of the molecule is OC12CCCCC1CN(C1CCCNCC1)CC2. The summed E-state index contributed by atoms with van der Waals surface area (Å²) in [5.74, 6) is 0.552. The summed E-state index contributed by atoms with van der Waals surface area (Å²) in [5, 5.41) is 14.2. The van der Waals surface area contributed by atoms with E-state index in [1.807, 2.05) is 0 Å². The Labute approximate surface area is 111 Å². The fourth-order valence-electron chi connectivity index (χ4n) is 4.29. The zero-order valence-electron chi connectivity index (χ0n) is 11.5. The van der Waals surface area contributed by atoms with Crippen molar-refractivity contribution in [2.75, 3.05) is 26.2 Å². The molecule has 0 aromatic carbocycles. The molecule has 2 aliphatic heterocycles. The average molecular weight is 252 g/mol. The van der Waals surface area contributed by atoms with Gasteiger partial charge in [-0.25, -0.2) is 0 Å². The van der Waals surface area contributed by atoms with Gasteiger partial charge in [0, 0.05) is 25.0 Å². The van der Waals surface area contributed by atoms with E-state index >= 15 is 0 Å². The molecule has 0 amide bonds. The van der Waals surface area contributed by atoms with Crippen LogP contribution >= 0.6 is 0 Å². The van der Waals surface area contributed by atoms with Crippen molar-refractivity contribution in [1.29, 1.82) is 0 Å². The summed E-state index contributed by atoms with van der Waals surface area (Å²) in [6.45, 7) is 4.65. The van der Waals surface area contributed by atoms with Gasteiger partial charge >= 0.3 is 0 Å². The van der Waals surface area contributed by atoms with Crippen molar-refractivity contribution < 1.29 is 5.11 Å². The van der Waals surface area contributed by atoms with E-state index < -0.39 is 0 Å². The molecule has 3 atom stereocenters. The van der Waals surface area contributed by atoms with Crippen molar-refractivity contribution in [1.82, 2.24) is 10.2 Å². The molecule has 1 aliphatic carbocycles. The largest absolute Gasteiger partial charge is 0.390 e. The van der Waals surface area contributed by atoms with Crippen molar-refractivity contribution >= 4 is 0 Å². The Balaban J connectivity index is 1.62. The van der Waals surface area contributed by atoms with Crippen molar-refractivity contribution in [3.8, 4) is 0 Å². The lowest BCUT2D eigenvalue weighted by molar-refractivity contribution is -0.103. The second kappa shape index (κ2) is 5.48. The van der Waals surface area contributed by atoms with E-state index in [9.17, 15) is 5.11 Å². The summed E-state index contributed by atoms with van der Waals surface area (Å²) < 4.78 is 0. The average Bonchev–Trinajstić information content (AvgIpc) is 2.66. The first-order valence-corrected chi connectivity index (χ1v) is 7.95. The molecule has 3 aliphatic rings. The maximum absolute atomic E-state index is 10.7. The van der Waals surface area contributed by atoms with Gasteiger partial charge in [-0.15, -0.1) is 0 Å². The van der Waals surface area contributed by atoms with E-state index in [0.717, 1.165) is 32.0 Å². The molecule has 3 nitrogen and oxygen atoms in total. The van der Waals surface area contributed by atoms with Crippen LogP contribution in [0.3, 0.4) is 0 Å². The van der Waals surface area contributed by atoms with E-state index in [0.29, 0.717) is 5.92 Å². The summed E-state index contributed by atoms with van der Waals surface area (Å²) in [6.07, 6.45) is 9.84. The van der Waals surface area contributed by atoms with Crippen LogP contribution in [0.5, 0.6) is 0 Å².